The third-order valence-electron chi connectivity index (χ3n) is 3.70. The fourth-order valence-electron chi connectivity index (χ4n) is 2.12. The molecule has 0 aliphatic rings. The Labute approximate surface area is 146 Å². The molecule has 0 saturated heterocycles. The third kappa shape index (κ3) is 5.60. The number of halogens is 1. The van der Waals surface area contributed by atoms with Crippen LogP contribution in [-0.2, 0) is 4.79 Å². The van der Waals surface area contributed by atoms with Crippen molar-refractivity contribution in [3.63, 3.8) is 0 Å². The van der Waals surface area contributed by atoms with Crippen molar-refractivity contribution in [1.29, 1.82) is 0 Å². The second-order valence-electron chi connectivity index (χ2n) is 5.62. The third-order valence-corrected chi connectivity index (χ3v) is 3.70. The van der Waals surface area contributed by atoms with E-state index in [4.69, 9.17) is 4.74 Å². The van der Waals surface area contributed by atoms with Crippen LogP contribution in [0.1, 0.15) is 21.5 Å². The molecule has 0 unspecified atom stereocenters. The number of aryl methyl sites for hydroxylation is 2. The highest BCUT2D eigenvalue weighted by atomic mass is 19.1. The normalized spacial score (nSPS) is 10.2. The van der Waals surface area contributed by atoms with E-state index in [-0.39, 0.29) is 31.2 Å². The number of carbonyl (C=O) groups excluding carboxylic acids is 2. The number of carbonyl (C=O) groups is 2. The number of amides is 2. The summed E-state index contributed by atoms with van der Waals surface area (Å²) in [6.07, 6.45) is 0. The Morgan fingerprint density at radius 1 is 1.00 bits per heavy atom. The van der Waals surface area contributed by atoms with Crippen LogP contribution in [0.25, 0.3) is 0 Å². The van der Waals surface area contributed by atoms with Crippen LogP contribution in [0.5, 0.6) is 5.75 Å². The first-order chi connectivity index (χ1) is 12.0. The number of nitrogens with one attached hydrogen (secondary N) is 2. The summed E-state index contributed by atoms with van der Waals surface area (Å²) < 4.78 is 18.9. The number of hydrogen-bond donors (Lipinski definition) is 2. The first kappa shape index (κ1) is 18.4. The first-order valence-electron chi connectivity index (χ1n) is 7.97. The van der Waals surface area contributed by atoms with E-state index in [1.807, 2.05) is 32.0 Å². The van der Waals surface area contributed by atoms with Gasteiger partial charge in [-0.1, -0.05) is 18.2 Å². The van der Waals surface area contributed by atoms with Gasteiger partial charge in [-0.3, -0.25) is 9.59 Å². The van der Waals surface area contributed by atoms with Crippen molar-refractivity contribution >= 4 is 11.8 Å². The number of hydrogen-bond acceptors (Lipinski definition) is 3. The van der Waals surface area contributed by atoms with Crippen LogP contribution in [0.15, 0.2) is 42.5 Å². The largest absolute Gasteiger partial charge is 0.484 e. The Morgan fingerprint density at radius 3 is 2.44 bits per heavy atom. The van der Waals surface area contributed by atoms with Crippen LogP contribution in [0, 0.1) is 19.7 Å². The van der Waals surface area contributed by atoms with Gasteiger partial charge in [0, 0.05) is 13.1 Å². The van der Waals surface area contributed by atoms with Gasteiger partial charge in [-0.05, 0) is 49.2 Å². The molecule has 2 amide bonds. The molecule has 0 spiro atoms. The molecule has 2 rings (SSSR count). The van der Waals surface area contributed by atoms with Gasteiger partial charge in [0.1, 0.15) is 11.6 Å². The molecule has 0 aromatic heterocycles. The predicted molar refractivity (Wildman–Crippen MR) is 93.2 cm³/mol. The summed E-state index contributed by atoms with van der Waals surface area (Å²) in [5.74, 6) is -0.756. The van der Waals surface area contributed by atoms with Crippen molar-refractivity contribution in [3.05, 3.63) is 65.0 Å². The Bertz CT molecular complexity index is 762. The minimum atomic E-state index is -0.578. The molecular weight excluding hydrogens is 323 g/mol. The van der Waals surface area contributed by atoms with Crippen molar-refractivity contribution in [2.75, 3.05) is 19.7 Å². The number of rotatable bonds is 7. The maximum absolute atomic E-state index is 13.4. The standard InChI is InChI=1S/C19H21FN2O3/c1-13-7-8-15(11-14(13)2)25-12-18(23)21-9-10-22-19(24)16-5-3-4-6-17(16)20/h3-8,11H,9-10,12H2,1-2H3,(H,21,23)(H,22,24). The zero-order valence-electron chi connectivity index (χ0n) is 14.3. The van der Waals surface area contributed by atoms with E-state index in [0.29, 0.717) is 5.75 Å². The van der Waals surface area contributed by atoms with Gasteiger partial charge in [0.2, 0.25) is 0 Å². The van der Waals surface area contributed by atoms with Crippen LogP contribution >= 0.6 is 0 Å². The van der Waals surface area contributed by atoms with Crippen molar-refractivity contribution in [1.82, 2.24) is 10.6 Å². The van der Waals surface area contributed by atoms with E-state index >= 15 is 0 Å². The lowest BCUT2D eigenvalue weighted by molar-refractivity contribution is -0.123. The Hall–Kier alpha value is -2.89. The molecule has 0 atom stereocenters. The van der Waals surface area contributed by atoms with E-state index in [9.17, 15) is 14.0 Å². The van der Waals surface area contributed by atoms with Gasteiger partial charge in [0.15, 0.2) is 6.61 Å². The number of ether oxygens (including phenoxy) is 1. The second-order valence-corrected chi connectivity index (χ2v) is 5.62. The van der Waals surface area contributed by atoms with E-state index in [1.54, 1.807) is 6.07 Å². The highest BCUT2D eigenvalue weighted by molar-refractivity contribution is 5.94. The molecule has 0 aliphatic heterocycles. The van der Waals surface area contributed by atoms with E-state index in [0.717, 1.165) is 11.1 Å². The average Bonchev–Trinajstić information content (AvgIpc) is 2.60. The van der Waals surface area contributed by atoms with Crippen molar-refractivity contribution in [2.45, 2.75) is 13.8 Å². The van der Waals surface area contributed by atoms with Crippen LogP contribution < -0.4 is 15.4 Å². The quantitative estimate of drug-likeness (QED) is 0.758. The zero-order chi connectivity index (χ0) is 18.2. The maximum Gasteiger partial charge on any atom is 0.258 e. The minimum absolute atomic E-state index is 0.0214. The van der Waals surface area contributed by atoms with Crippen LogP contribution in [0.4, 0.5) is 4.39 Å². The fourth-order valence-corrected chi connectivity index (χ4v) is 2.12. The Balaban J connectivity index is 1.67. The molecule has 2 aromatic carbocycles. The highest BCUT2D eigenvalue weighted by Crippen LogP contribution is 2.16. The summed E-state index contributed by atoms with van der Waals surface area (Å²) in [7, 11) is 0. The van der Waals surface area contributed by atoms with Crippen molar-refractivity contribution < 1.29 is 18.7 Å². The summed E-state index contributed by atoms with van der Waals surface area (Å²) in [6, 6.07) is 11.3. The topological polar surface area (TPSA) is 67.4 Å². The van der Waals surface area contributed by atoms with E-state index < -0.39 is 11.7 Å². The smallest absolute Gasteiger partial charge is 0.258 e. The van der Waals surface area contributed by atoms with Crippen LogP contribution in [-0.4, -0.2) is 31.5 Å². The molecule has 132 valence electrons. The minimum Gasteiger partial charge on any atom is -0.484 e. The Morgan fingerprint density at radius 2 is 1.72 bits per heavy atom. The monoisotopic (exact) mass is 344 g/mol. The maximum atomic E-state index is 13.4. The highest BCUT2D eigenvalue weighted by Gasteiger charge is 2.10. The van der Waals surface area contributed by atoms with Gasteiger partial charge in [-0.15, -0.1) is 0 Å². The first-order valence-corrected chi connectivity index (χ1v) is 7.97. The molecule has 5 nitrogen and oxygen atoms in total. The summed E-state index contributed by atoms with van der Waals surface area (Å²) in [5, 5.41) is 5.18. The van der Waals surface area contributed by atoms with Crippen LogP contribution in [0.2, 0.25) is 0 Å². The van der Waals surface area contributed by atoms with Gasteiger partial charge in [-0.2, -0.15) is 0 Å². The molecule has 0 heterocycles. The molecule has 2 N–H and O–H groups in total. The summed E-state index contributed by atoms with van der Waals surface area (Å²) in [5.41, 5.74) is 2.23. The molecule has 0 radical (unpaired) electrons. The number of benzene rings is 2. The molecule has 25 heavy (non-hydrogen) atoms. The summed E-state index contributed by atoms with van der Waals surface area (Å²) >= 11 is 0. The molecule has 2 aromatic rings. The summed E-state index contributed by atoms with van der Waals surface area (Å²) in [6.45, 7) is 4.30. The molecule has 0 saturated carbocycles. The Kier molecular flexibility index (Phi) is 6.51. The lowest BCUT2D eigenvalue weighted by Crippen LogP contribution is -2.37. The van der Waals surface area contributed by atoms with Gasteiger partial charge >= 0.3 is 0 Å². The van der Waals surface area contributed by atoms with Gasteiger partial charge in [0.25, 0.3) is 11.8 Å². The van der Waals surface area contributed by atoms with Crippen LogP contribution in [0.3, 0.4) is 0 Å². The van der Waals surface area contributed by atoms with E-state index in [2.05, 4.69) is 10.6 Å². The zero-order valence-corrected chi connectivity index (χ0v) is 14.3. The van der Waals surface area contributed by atoms with Crippen molar-refractivity contribution in [3.8, 4) is 5.75 Å². The fraction of sp³-hybridized carbons (Fsp3) is 0.263. The summed E-state index contributed by atoms with van der Waals surface area (Å²) in [4.78, 5) is 23.5. The lowest BCUT2D eigenvalue weighted by Gasteiger charge is -2.10. The van der Waals surface area contributed by atoms with Gasteiger partial charge in [0.05, 0.1) is 5.56 Å². The molecular formula is C19H21FN2O3. The molecule has 0 bridgehead atoms. The van der Waals surface area contributed by atoms with Gasteiger partial charge < -0.3 is 15.4 Å². The van der Waals surface area contributed by atoms with E-state index in [1.165, 1.54) is 18.2 Å². The lowest BCUT2D eigenvalue weighted by atomic mass is 10.1. The predicted octanol–water partition coefficient (Wildman–Crippen LogP) is 2.37. The second kappa shape index (κ2) is 8.82. The SMILES string of the molecule is Cc1ccc(OCC(=O)NCCNC(=O)c2ccccc2F)cc1C. The average molecular weight is 344 g/mol. The van der Waals surface area contributed by atoms with Gasteiger partial charge in [-0.25, -0.2) is 4.39 Å². The van der Waals surface area contributed by atoms with Crippen molar-refractivity contribution in [2.24, 2.45) is 0 Å². The molecule has 6 heteroatoms. The molecule has 0 aliphatic carbocycles. The molecule has 0 fully saturated rings.